The Bertz CT molecular complexity index is 380. The first-order valence-corrected chi connectivity index (χ1v) is 8.06. The molecule has 0 radical (unpaired) electrons. The number of unbranched alkanes of at least 4 members (excludes halogenated alkanes) is 2. The molecule has 0 saturated heterocycles. The minimum atomic E-state index is -0.887. The van der Waals surface area contributed by atoms with Crippen molar-refractivity contribution in [2.24, 2.45) is 5.92 Å². The van der Waals surface area contributed by atoms with E-state index in [0.29, 0.717) is 25.7 Å². The molecule has 0 aliphatic heterocycles. The second-order valence-corrected chi connectivity index (χ2v) is 5.67. The fourth-order valence-corrected chi connectivity index (χ4v) is 1.75. The van der Waals surface area contributed by atoms with Crippen LogP contribution >= 0.6 is 0 Å². The summed E-state index contributed by atoms with van der Waals surface area (Å²) >= 11 is 0. The molecule has 24 heavy (non-hydrogen) atoms. The van der Waals surface area contributed by atoms with Gasteiger partial charge in [-0.2, -0.15) is 0 Å². The van der Waals surface area contributed by atoms with E-state index < -0.39 is 23.9 Å². The predicted molar refractivity (Wildman–Crippen MR) is 83.3 cm³/mol. The van der Waals surface area contributed by atoms with Crippen LogP contribution in [-0.2, 0) is 28.7 Å². The second kappa shape index (κ2) is 13.3. The number of rotatable bonds is 14. The zero-order valence-electron chi connectivity index (χ0n) is 14.0. The van der Waals surface area contributed by atoms with Gasteiger partial charge in [0.25, 0.3) is 0 Å². The molecular formula is C16H26O8. The predicted octanol–water partition coefficient (Wildman–Crippen LogP) is 2.00. The van der Waals surface area contributed by atoms with E-state index in [0.717, 1.165) is 0 Å². The molecule has 138 valence electrons. The van der Waals surface area contributed by atoms with Crippen LogP contribution in [0.1, 0.15) is 58.3 Å². The maximum atomic E-state index is 11.4. The molecule has 8 heteroatoms. The number of hydrogen-bond donors (Lipinski definition) is 2. The van der Waals surface area contributed by atoms with Crippen molar-refractivity contribution in [3.8, 4) is 0 Å². The van der Waals surface area contributed by atoms with E-state index in [-0.39, 0.29) is 44.8 Å². The van der Waals surface area contributed by atoms with E-state index >= 15 is 0 Å². The fourth-order valence-electron chi connectivity index (χ4n) is 1.75. The van der Waals surface area contributed by atoms with Gasteiger partial charge in [-0.3, -0.25) is 19.2 Å². The Balaban J connectivity index is 3.61. The van der Waals surface area contributed by atoms with Crippen LogP contribution in [0.25, 0.3) is 0 Å². The summed E-state index contributed by atoms with van der Waals surface area (Å²) in [5.41, 5.74) is 0. The van der Waals surface area contributed by atoms with E-state index in [1.807, 2.05) is 0 Å². The summed E-state index contributed by atoms with van der Waals surface area (Å²) in [6.07, 6.45) is 2.19. The van der Waals surface area contributed by atoms with Crippen molar-refractivity contribution in [1.82, 2.24) is 0 Å². The normalized spacial score (nSPS) is 10.4. The number of carbonyl (C=O) groups excluding carboxylic acids is 2. The average molecular weight is 346 g/mol. The minimum absolute atomic E-state index is 0.0338. The number of carbonyl (C=O) groups is 4. The number of esters is 2. The van der Waals surface area contributed by atoms with E-state index in [9.17, 15) is 19.2 Å². The Hall–Kier alpha value is -2.12. The Kier molecular flexibility index (Phi) is 12.2. The molecule has 0 aromatic heterocycles. The van der Waals surface area contributed by atoms with Crippen molar-refractivity contribution in [2.75, 3.05) is 13.2 Å². The van der Waals surface area contributed by atoms with Crippen molar-refractivity contribution in [3.63, 3.8) is 0 Å². The number of hydrogen-bond acceptors (Lipinski definition) is 6. The van der Waals surface area contributed by atoms with Crippen molar-refractivity contribution in [3.05, 3.63) is 0 Å². The number of carboxylic acid groups (broad SMARTS) is 2. The summed E-state index contributed by atoms with van der Waals surface area (Å²) in [5, 5.41) is 16.9. The molecule has 0 aliphatic carbocycles. The molecule has 2 N–H and O–H groups in total. The van der Waals surface area contributed by atoms with Gasteiger partial charge in [0, 0.05) is 31.6 Å². The molecule has 8 nitrogen and oxygen atoms in total. The van der Waals surface area contributed by atoms with Gasteiger partial charge < -0.3 is 19.7 Å². The molecule has 0 heterocycles. The number of carboxylic acids is 2. The van der Waals surface area contributed by atoms with Gasteiger partial charge in [0.15, 0.2) is 0 Å². The van der Waals surface area contributed by atoms with Crippen LogP contribution in [0.4, 0.5) is 0 Å². The molecule has 0 aromatic rings. The van der Waals surface area contributed by atoms with Gasteiger partial charge in [0.1, 0.15) is 0 Å². The number of aliphatic carboxylic acids is 2. The molecule has 0 atom stereocenters. The summed E-state index contributed by atoms with van der Waals surface area (Å²) in [5.74, 6) is -2.71. The van der Waals surface area contributed by atoms with Gasteiger partial charge >= 0.3 is 23.9 Å². The van der Waals surface area contributed by atoms with E-state index in [1.165, 1.54) is 0 Å². The highest BCUT2D eigenvalue weighted by Gasteiger charge is 2.11. The van der Waals surface area contributed by atoms with Gasteiger partial charge in [-0.05, 0) is 25.7 Å². The Morgan fingerprint density at radius 1 is 0.708 bits per heavy atom. The lowest BCUT2D eigenvalue weighted by Crippen LogP contribution is -2.18. The van der Waals surface area contributed by atoms with Crippen LogP contribution in [0.2, 0.25) is 0 Å². The third kappa shape index (κ3) is 14.8. The summed E-state index contributed by atoms with van der Waals surface area (Å²) in [6, 6.07) is 0. The van der Waals surface area contributed by atoms with Gasteiger partial charge in [-0.15, -0.1) is 0 Å². The van der Waals surface area contributed by atoms with Crippen molar-refractivity contribution in [2.45, 2.75) is 58.3 Å². The summed E-state index contributed by atoms with van der Waals surface area (Å²) < 4.78 is 10.1. The average Bonchev–Trinajstić information content (AvgIpc) is 2.51. The highest BCUT2D eigenvalue weighted by Crippen LogP contribution is 2.06. The molecule has 0 saturated carbocycles. The van der Waals surface area contributed by atoms with Crippen molar-refractivity contribution >= 4 is 23.9 Å². The zero-order valence-corrected chi connectivity index (χ0v) is 14.0. The Morgan fingerprint density at radius 2 is 1.04 bits per heavy atom. The maximum absolute atomic E-state index is 11.4. The lowest BCUT2D eigenvalue weighted by Gasteiger charge is -2.12. The standard InChI is InChI=1S/C16H26O8/c1-12(10-23-15(21)8-4-2-6-13(17)18)11-24-16(22)9-5-3-7-14(19)20/h12H,2-11H2,1H3,(H,17,18)(H,19,20). The third-order valence-corrected chi connectivity index (χ3v) is 3.10. The monoisotopic (exact) mass is 346 g/mol. The van der Waals surface area contributed by atoms with E-state index in [1.54, 1.807) is 6.92 Å². The van der Waals surface area contributed by atoms with Gasteiger partial charge in [-0.1, -0.05) is 6.92 Å². The first kappa shape index (κ1) is 21.9. The number of ether oxygens (including phenoxy) is 2. The van der Waals surface area contributed by atoms with Crippen LogP contribution in [0.3, 0.4) is 0 Å². The van der Waals surface area contributed by atoms with Crippen LogP contribution in [0.5, 0.6) is 0 Å². The second-order valence-electron chi connectivity index (χ2n) is 5.67. The molecule has 0 unspecified atom stereocenters. The van der Waals surface area contributed by atoms with Crippen LogP contribution in [0, 0.1) is 5.92 Å². The Morgan fingerprint density at radius 3 is 1.38 bits per heavy atom. The Labute approximate surface area is 141 Å². The lowest BCUT2D eigenvalue weighted by molar-refractivity contribution is -0.149. The summed E-state index contributed by atoms with van der Waals surface area (Å²) in [4.78, 5) is 43.5. The summed E-state index contributed by atoms with van der Waals surface area (Å²) in [6.45, 7) is 2.03. The smallest absolute Gasteiger partial charge is 0.305 e. The minimum Gasteiger partial charge on any atom is -0.481 e. The third-order valence-electron chi connectivity index (χ3n) is 3.10. The molecule has 0 aromatic carbocycles. The van der Waals surface area contributed by atoms with Crippen molar-refractivity contribution in [1.29, 1.82) is 0 Å². The van der Waals surface area contributed by atoms with E-state index in [2.05, 4.69) is 0 Å². The van der Waals surface area contributed by atoms with Crippen LogP contribution in [-0.4, -0.2) is 47.3 Å². The molecule has 0 bridgehead atoms. The largest absolute Gasteiger partial charge is 0.481 e. The fraction of sp³-hybridized carbons (Fsp3) is 0.750. The topological polar surface area (TPSA) is 127 Å². The first-order valence-electron chi connectivity index (χ1n) is 8.06. The maximum Gasteiger partial charge on any atom is 0.305 e. The van der Waals surface area contributed by atoms with Gasteiger partial charge in [-0.25, -0.2) is 0 Å². The van der Waals surface area contributed by atoms with Crippen LogP contribution < -0.4 is 0 Å². The SMILES string of the molecule is CC(COC(=O)CCCCC(=O)O)COC(=O)CCCCC(=O)O. The zero-order chi connectivity index (χ0) is 18.4. The van der Waals surface area contributed by atoms with E-state index in [4.69, 9.17) is 19.7 Å². The quantitative estimate of drug-likeness (QED) is 0.361. The molecule has 0 amide bonds. The highest BCUT2D eigenvalue weighted by atomic mass is 16.5. The summed E-state index contributed by atoms with van der Waals surface area (Å²) in [7, 11) is 0. The lowest BCUT2D eigenvalue weighted by atomic mass is 10.2. The molecular weight excluding hydrogens is 320 g/mol. The molecule has 0 rings (SSSR count). The van der Waals surface area contributed by atoms with Gasteiger partial charge in [0.2, 0.25) is 0 Å². The highest BCUT2D eigenvalue weighted by molar-refractivity contribution is 5.70. The molecule has 0 fully saturated rings. The van der Waals surface area contributed by atoms with Crippen molar-refractivity contribution < 1.29 is 38.9 Å². The molecule has 0 spiro atoms. The first-order chi connectivity index (χ1) is 11.3. The molecule has 0 aliphatic rings. The van der Waals surface area contributed by atoms with Gasteiger partial charge in [0.05, 0.1) is 13.2 Å². The van der Waals surface area contributed by atoms with Crippen LogP contribution in [0.15, 0.2) is 0 Å².